The number of amides is 1. The van der Waals surface area contributed by atoms with E-state index in [9.17, 15) is 14.2 Å². The van der Waals surface area contributed by atoms with Gasteiger partial charge in [0.2, 0.25) is 5.91 Å². The number of alkyl halides is 1. The number of carbonyl (C=O) groups excluding carboxylic acids is 1. The van der Waals surface area contributed by atoms with E-state index in [4.69, 9.17) is 29.0 Å². The number of aromatic nitrogens is 1. The lowest BCUT2D eigenvalue weighted by molar-refractivity contribution is -0.147. The normalized spacial score (nSPS) is 57.3. The van der Waals surface area contributed by atoms with Crippen molar-refractivity contribution in [3.63, 3.8) is 0 Å². The molecule has 2 saturated heterocycles. The Labute approximate surface area is 250 Å². The van der Waals surface area contributed by atoms with Gasteiger partial charge in [-0.1, -0.05) is 12.8 Å². The predicted octanol–water partition coefficient (Wildman–Crippen LogP) is 4.75. The van der Waals surface area contributed by atoms with Crippen LogP contribution < -0.4 is 10.0 Å². The van der Waals surface area contributed by atoms with Crippen molar-refractivity contribution in [2.45, 2.75) is 97.8 Å². The minimum atomic E-state index is -5.11. The molecule has 2 aromatic rings. The molecule has 7 rings (SSSR count). The van der Waals surface area contributed by atoms with Gasteiger partial charge in [-0.25, -0.2) is 16.6 Å². The topological polar surface area (TPSA) is 87.8 Å². The highest BCUT2D eigenvalue weighted by molar-refractivity contribution is 8.00. The third-order valence-corrected chi connectivity index (χ3v) is 9.39. The maximum Gasteiger partial charge on any atom is 0.230 e. The molecule has 3 heterocycles. The standard InChI is InChI=1S/C29H38ClN3O4S/c1-36-23-11-19(16-6-7-16)21(10-20(23)15-4-2-3-5-15)27-32-28-24(18-8-9-22(30)25(34)26(18)38-28)29(35)33(27)13-17-12-31-14-37-17/h10-12,14-16,18,22,24-28,32,34H,2-9,13,38H2,1H3/i8D2,9D2,18D,22D,24D,25D,26D,27D,38D2/hD. The Morgan fingerprint density at radius 2 is 2.08 bits per heavy atom. The summed E-state index contributed by atoms with van der Waals surface area (Å²) in [4.78, 5) is 19.8. The van der Waals surface area contributed by atoms with E-state index in [0.29, 0.717) is 34.6 Å². The summed E-state index contributed by atoms with van der Waals surface area (Å²) in [6, 6.07) is 3.37. The monoisotopic (exact) mass is 572 g/mol. The first-order valence-corrected chi connectivity index (χ1v) is 14.2. The lowest BCUT2D eigenvalue weighted by Crippen LogP contribution is -2.57. The second kappa shape index (κ2) is 10.0. The zero-order valence-electron chi connectivity index (χ0n) is 33.8. The molecule has 2 N–H and O–H groups in total. The van der Waals surface area contributed by atoms with Gasteiger partial charge < -0.3 is 19.2 Å². The fraction of sp³-hybridized carbons (Fsp3) is 0.655. The quantitative estimate of drug-likeness (QED) is 0.486. The van der Waals surface area contributed by atoms with Crippen LogP contribution in [0.4, 0.5) is 0 Å². The van der Waals surface area contributed by atoms with Gasteiger partial charge in [0.15, 0.2) is 6.39 Å². The summed E-state index contributed by atoms with van der Waals surface area (Å²) >= 11 is 1.01. The van der Waals surface area contributed by atoms with Gasteiger partial charge in [-0.3, -0.25) is 10.1 Å². The van der Waals surface area contributed by atoms with E-state index >= 15 is 4.79 Å². The summed E-state index contributed by atoms with van der Waals surface area (Å²) in [5.41, 5.74) is 1.22. The van der Waals surface area contributed by atoms with Crippen molar-refractivity contribution in [3.8, 4) is 5.75 Å². The summed E-state index contributed by atoms with van der Waals surface area (Å²) in [6.07, 6.45) is -7.97. The molecule has 0 spiro atoms. The Kier molecular flexibility index (Phi) is 3.89. The molecule has 206 valence electrons. The van der Waals surface area contributed by atoms with Crippen LogP contribution in [0.1, 0.15) is 105 Å². The molecular formula is C29H38ClN3O4S. The Bertz CT molecular complexity index is 1780. The highest BCUT2D eigenvalue weighted by Gasteiger charge is 2.56. The van der Waals surface area contributed by atoms with Crippen LogP contribution in [-0.4, -0.2) is 52.3 Å². The summed E-state index contributed by atoms with van der Waals surface area (Å²) in [5, 5.41) is 1.33. The molecule has 5 fully saturated rings. The number of carbonyl (C=O) groups is 1. The summed E-state index contributed by atoms with van der Waals surface area (Å²) in [7, 11) is 1.50. The van der Waals surface area contributed by atoms with Crippen LogP contribution in [0.25, 0.3) is 0 Å². The highest BCUT2D eigenvalue weighted by atomic mass is 35.5. The Morgan fingerprint density at radius 3 is 2.79 bits per heavy atom. The lowest BCUT2D eigenvalue weighted by atomic mass is 9.76. The van der Waals surface area contributed by atoms with Gasteiger partial charge in [0.1, 0.15) is 19.1 Å². The number of fused-ring (bicyclic) bond motifs is 3. The molecular weight excluding hydrogens is 522 g/mol. The van der Waals surface area contributed by atoms with E-state index in [1.165, 1.54) is 13.3 Å². The molecule has 0 bridgehead atoms. The molecule has 7 unspecified atom stereocenters. The smallest absolute Gasteiger partial charge is 0.230 e. The van der Waals surface area contributed by atoms with Crippen LogP contribution in [-0.2, 0) is 11.3 Å². The fourth-order valence-corrected chi connectivity index (χ4v) is 7.29. The van der Waals surface area contributed by atoms with Crippen LogP contribution in [0.15, 0.2) is 29.1 Å². The fourth-order valence-electron chi connectivity index (χ4n) is 5.88. The Hall–Kier alpha value is -1.74. The minimum absolute atomic E-state index is 0.0202. The van der Waals surface area contributed by atoms with Crippen LogP contribution in [0.2, 0.25) is 1.41 Å². The SMILES string of the molecule is [2H]N1C2C([2H])(C(=O)N(Cc3cnco3)C1([2H])c1cc(C3CCCC3)c(OC)cc1C1CC1)C1([2H])C([2H])([2H])C([2H])([2H])C([2H])(Cl)C([2H])(O)C1([2H])S2([2H])[2H]. The molecule has 9 heteroatoms. The number of nitrogens with zero attached hydrogens (tertiary/aromatic N) is 2. The van der Waals surface area contributed by atoms with Crippen molar-refractivity contribution in [1.82, 2.24) is 15.2 Å². The van der Waals surface area contributed by atoms with E-state index in [2.05, 4.69) is 4.98 Å². The van der Waals surface area contributed by atoms with E-state index in [1.807, 2.05) is 0 Å². The van der Waals surface area contributed by atoms with E-state index in [0.717, 1.165) is 32.1 Å². The van der Waals surface area contributed by atoms with Crippen LogP contribution >= 0.6 is 23.2 Å². The first-order chi connectivity index (χ1) is 23.4. The maximum absolute atomic E-state index is 15.3. The molecule has 3 saturated carbocycles. The van der Waals surface area contributed by atoms with Gasteiger partial charge in [-0.2, -0.15) is 0 Å². The summed E-state index contributed by atoms with van der Waals surface area (Å²) < 4.78 is 131. The number of hydrogen-bond acceptors (Lipinski definition) is 6. The average molecular weight is 573 g/mol. The van der Waals surface area contributed by atoms with Gasteiger partial charge in [0.25, 0.3) is 0 Å². The minimum Gasteiger partial charge on any atom is -0.496 e. The van der Waals surface area contributed by atoms with Crippen LogP contribution in [0, 0.1) is 11.8 Å². The van der Waals surface area contributed by atoms with Crippen LogP contribution in [0.3, 0.4) is 0 Å². The largest absolute Gasteiger partial charge is 0.496 e. The summed E-state index contributed by atoms with van der Waals surface area (Å²) in [5.74, 6) is -9.08. The molecule has 2 aliphatic heterocycles. The number of oxazole rings is 1. The number of hydrogen-bond donors (Lipinski definition) is 2. The zero-order valence-corrected chi connectivity index (χ0v) is 22.4. The number of halogens is 1. The molecule has 3 aliphatic carbocycles. The van der Waals surface area contributed by atoms with Crippen molar-refractivity contribution in [1.29, 1.82) is 2.25 Å². The van der Waals surface area contributed by atoms with Gasteiger partial charge in [-0.05, 0) is 85.0 Å². The van der Waals surface area contributed by atoms with Gasteiger partial charge in [0, 0.05) is 21.6 Å². The van der Waals surface area contributed by atoms with Gasteiger partial charge in [-0.15, -0.1) is 11.6 Å². The first-order valence-electron chi connectivity index (χ1n) is 19.2. The second-order valence-corrected chi connectivity index (χ2v) is 11.7. The third kappa shape index (κ3) is 4.27. The first kappa shape index (κ1) is 14.8. The predicted molar refractivity (Wildman–Crippen MR) is 149 cm³/mol. The van der Waals surface area contributed by atoms with Crippen molar-refractivity contribution in [3.05, 3.63) is 47.2 Å². The van der Waals surface area contributed by atoms with Crippen molar-refractivity contribution in [2.24, 2.45) is 11.8 Å². The summed E-state index contributed by atoms with van der Waals surface area (Å²) in [6.45, 7) is -0.710. The molecule has 1 amide bonds. The molecule has 1 aromatic heterocycles. The number of nitrogens with one attached hydrogen (secondary N) is 1. The van der Waals surface area contributed by atoms with E-state index < -0.39 is 76.7 Å². The maximum atomic E-state index is 15.3. The van der Waals surface area contributed by atoms with Crippen molar-refractivity contribution >= 4 is 29.1 Å². The zero-order chi connectivity index (χ0) is 37.8. The lowest BCUT2D eigenvalue weighted by Gasteiger charge is -2.44. The molecule has 5 aliphatic rings. The third-order valence-electron chi connectivity index (χ3n) is 7.92. The number of methoxy groups -OCH3 is 1. The average Bonchev–Trinajstić information content (AvgIpc) is 3.46. The van der Waals surface area contributed by atoms with Crippen molar-refractivity contribution in [2.75, 3.05) is 7.11 Å². The number of ether oxygens (including phenoxy) is 1. The molecule has 38 heavy (non-hydrogen) atoms. The molecule has 7 nitrogen and oxygen atoms in total. The van der Waals surface area contributed by atoms with Crippen molar-refractivity contribution < 1.29 is 34.2 Å². The number of benzene rings is 1. The Balaban J connectivity index is 1.56. The number of rotatable bonds is 6. The molecule has 0 radical (unpaired) electrons. The van der Waals surface area contributed by atoms with Crippen LogP contribution in [0.5, 0.6) is 5.75 Å². The highest BCUT2D eigenvalue weighted by Crippen LogP contribution is 2.55. The second-order valence-electron chi connectivity index (χ2n) is 10.2. The van der Waals surface area contributed by atoms with E-state index in [1.54, 1.807) is 12.1 Å². The molecule has 7 atom stereocenters. The van der Waals surface area contributed by atoms with E-state index in [-0.39, 0.29) is 28.5 Å². The van der Waals surface area contributed by atoms with Gasteiger partial charge >= 0.3 is 0 Å². The molecule has 1 aromatic carbocycles. The number of aliphatic hydroxyl groups is 1. The Morgan fingerprint density at radius 1 is 1.29 bits per heavy atom. The van der Waals surface area contributed by atoms with Gasteiger partial charge in [0.05, 0.1) is 42.2 Å².